The zero-order valence-electron chi connectivity index (χ0n) is 20.8. The van der Waals surface area contributed by atoms with Crippen LogP contribution in [0.15, 0.2) is 77.7 Å². The number of aromatic amines is 1. The van der Waals surface area contributed by atoms with Crippen molar-refractivity contribution in [3.63, 3.8) is 0 Å². The van der Waals surface area contributed by atoms with Crippen LogP contribution in [0, 0.1) is 0 Å². The maximum absolute atomic E-state index is 12.6. The number of benzene rings is 2. The molecular formula is C28H31N5O4. The van der Waals surface area contributed by atoms with Crippen LogP contribution in [0.5, 0.6) is 5.75 Å². The molecule has 1 aliphatic rings. The SMILES string of the molecule is CC(O)(COc1ccccc1NC(=O)c1ccccn1)CN1CCC(n2c(=O)[nH]c3ccccc32)CC1. The third-order valence-corrected chi connectivity index (χ3v) is 6.68. The van der Waals surface area contributed by atoms with Crippen molar-refractivity contribution in [2.24, 2.45) is 0 Å². The third-order valence-electron chi connectivity index (χ3n) is 6.68. The van der Waals surface area contributed by atoms with Gasteiger partial charge in [-0.15, -0.1) is 0 Å². The van der Waals surface area contributed by atoms with Crippen LogP contribution in [0.3, 0.4) is 0 Å². The fourth-order valence-corrected chi connectivity index (χ4v) is 4.91. The van der Waals surface area contributed by atoms with E-state index in [2.05, 4.69) is 20.2 Å². The molecule has 37 heavy (non-hydrogen) atoms. The number of likely N-dealkylation sites (tertiary alicyclic amines) is 1. The highest BCUT2D eigenvalue weighted by atomic mass is 16.5. The van der Waals surface area contributed by atoms with Crippen molar-refractivity contribution in [1.82, 2.24) is 19.4 Å². The van der Waals surface area contributed by atoms with Gasteiger partial charge in [-0.2, -0.15) is 0 Å². The second-order valence-corrected chi connectivity index (χ2v) is 9.78. The topological polar surface area (TPSA) is 112 Å². The van der Waals surface area contributed by atoms with Crippen molar-refractivity contribution in [2.45, 2.75) is 31.4 Å². The van der Waals surface area contributed by atoms with Crippen LogP contribution in [0.4, 0.5) is 5.69 Å². The number of β-amino-alcohol motifs (C(OH)–C–C–N with tert-alkyl or cyclic N) is 1. The first-order valence-electron chi connectivity index (χ1n) is 12.5. The molecule has 3 heterocycles. The molecule has 1 saturated heterocycles. The van der Waals surface area contributed by atoms with Crippen molar-refractivity contribution < 1.29 is 14.6 Å². The molecule has 2 aromatic carbocycles. The minimum atomic E-state index is -1.11. The average molecular weight is 502 g/mol. The molecule has 1 atom stereocenters. The molecule has 1 unspecified atom stereocenters. The van der Waals surface area contributed by atoms with E-state index in [1.807, 2.05) is 41.0 Å². The summed E-state index contributed by atoms with van der Waals surface area (Å²) in [4.78, 5) is 34.3. The molecule has 192 valence electrons. The highest BCUT2D eigenvalue weighted by Gasteiger charge is 2.30. The van der Waals surface area contributed by atoms with Gasteiger partial charge in [0.25, 0.3) is 5.91 Å². The molecule has 9 nitrogen and oxygen atoms in total. The first kappa shape index (κ1) is 24.7. The lowest BCUT2D eigenvalue weighted by molar-refractivity contribution is -0.0234. The average Bonchev–Trinajstić information content (AvgIpc) is 3.24. The van der Waals surface area contributed by atoms with Gasteiger partial charge in [-0.3, -0.25) is 14.3 Å². The minimum absolute atomic E-state index is 0.0608. The number of amides is 1. The number of nitrogens with one attached hydrogen (secondary N) is 2. The first-order valence-corrected chi connectivity index (χ1v) is 12.5. The van der Waals surface area contributed by atoms with E-state index in [0.717, 1.165) is 37.0 Å². The zero-order chi connectivity index (χ0) is 25.8. The lowest BCUT2D eigenvalue weighted by Gasteiger charge is -2.36. The highest BCUT2D eigenvalue weighted by molar-refractivity contribution is 6.03. The van der Waals surface area contributed by atoms with Crippen molar-refractivity contribution in [2.75, 3.05) is 31.6 Å². The van der Waals surface area contributed by atoms with E-state index < -0.39 is 5.60 Å². The molecule has 0 spiro atoms. The monoisotopic (exact) mass is 501 g/mol. The Hall–Kier alpha value is -3.95. The zero-order valence-corrected chi connectivity index (χ0v) is 20.8. The quantitative estimate of drug-likeness (QED) is 0.341. The van der Waals surface area contributed by atoms with Crippen LogP contribution < -0.4 is 15.7 Å². The van der Waals surface area contributed by atoms with Gasteiger partial charge in [-0.1, -0.05) is 30.3 Å². The van der Waals surface area contributed by atoms with Gasteiger partial charge in [-0.25, -0.2) is 4.79 Å². The summed E-state index contributed by atoms with van der Waals surface area (Å²) in [5.74, 6) is 0.144. The fourth-order valence-electron chi connectivity index (χ4n) is 4.91. The van der Waals surface area contributed by atoms with Crippen LogP contribution in [-0.4, -0.2) is 62.3 Å². The van der Waals surface area contributed by atoms with Gasteiger partial charge >= 0.3 is 5.69 Å². The molecule has 2 aromatic heterocycles. The van der Waals surface area contributed by atoms with Crippen LogP contribution >= 0.6 is 0 Å². The number of aromatic nitrogens is 3. The van der Waals surface area contributed by atoms with E-state index in [1.165, 1.54) is 0 Å². The summed E-state index contributed by atoms with van der Waals surface area (Å²) in [7, 11) is 0. The maximum Gasteiger partial charge on any atom is 0.326 e. The fraction of sp³-hybridized carbons (Fsp3) is 0.321. The first-order chi connectivity index (χ1) is 17.9. The summed E-state index contributed by atoms with van der Waals surface area (Å²) in [6.07, 6.45) is 3.21. The van der Waals surface area contributed by atoms with Crippen LogP contribution in [0.25, 0.3) is 11.0 Å². The molecule has 0 aliphatic carbocycles. The molecule has 1 amide bonds. The summed E-state index contributed by atoms with van der Waals surface area (Å²) in [6, 6.07) is 20.2. The maximum atomic E-state index is 12.6. The standard InChI is InChI=1S/C28H31N5O4/c1-28(36,19-37-25-12-5-3-9-22(25)30-26(34)23-10-6-7-15-29-23)18-32-16-13-20(14-17-32)33-24-11-4-2-8-21(24)31-27(33)35/h2-12,15,20,36H,13-14,16-19H2,1H3,(H,30,34)(H,31,35). The second-order valence-electron chi connectivity index (χ2n) is 9.78. The second kappa shape index (κ2) is 10.6. The predicted molar refractivity (Wildman–Crippen MR) is 142 cm³/mol. The predicted octanol–water partition coefficient (Wildman–Crippen LogP) is 3.44. The lowest BCUT2D eigenvalue weighted by Crippen LogP contribution is -2.48. The molecule has 1 aliphatic heterocycles. The highest BCUT2D eigenvalue weighted by Crippen LogP contribution is 2.28. The van der Waals surface area contributed by atoms with Crippen LogP contribution in [0.1, 0.15) is 36.3 Å². The van der Waals surface area contributed by atoms with Crippen LogP contribution in [-0.2, 0) is 0 Å². The van der Waals surface area contributed by atoms with Gasteiger partial charge in [0.2, 0.25) is 0 Å². The Kier molecular flexibility index (Phi) is 7.07. The number of fused-ring (bicyclic) bond motifs is 1. The number of H-pyrrole nitrogens is 1. The number of para-hydroxylation sites is 4. The van der Waals surface area contributed by atoms with E-state index in [4.69, 9.17) is 4.74 Å². The molecule has 4 aromatic rings. The van der Waals surface area contributed by atoms with E-state index in [0.29, 0.717) is 23.7 Å². The van der Waals surface area contributed by atoms with Gasteiger partial charge in [-0.05, 0) is 56.2 Å². The number of piperidine rings is 1. The van der Waals surface area contributed by atoms with Crippen LogP contribution in [0.2, 0.25) is 0 Å². The Balaban J connectivity index is 1.17. The van der Waals surface area contributed by atoms with E-state index in [-0.39, 0.29) is 24.2 Å². The van der Waals surface area contributed by atoms with E-state index in [1.54, 1.807) is 43.5 Å². The lowest BCUT2D eigenvalue weighted by atomic mass is 10.0. The molecule has 5 rings (SSSR count). The van der Waals surface area contributed by atoms with Crippen molar-refractivity contribution >= 4 is 22.6 Å². The summed E-state index contributed by atoms with van der Waals surface area (Å²) in [6.45, 7) is 3.78. The largest absolute Gasteiger partial charge is 0.488 e. The normalized spacial score (nSPS) is 16.4. The Morgan fingerprint density at radius 2 is 1.84 bits per heavy atom. The minimum Gasteiger partial charge on any atom is -0.488 e. The number of pyridine rings is 1. The Bertz CT molecular complexity index is 1420. The van der Waals surface area contributed by atoms with Gasteiger partial charge < -0.3 is 25.0 Å². The van der Waals surface area contributed by atoms with Gasteiger partial charge in [0.15, 0.2) is 0 Å². The number of rotatable bonds is 8. The molecule has 3 N–H and O–H groups in total. The molecule has 0 radical (unpaired) electrons. The van der Waals surface area contributed by atoms with Crippen molar-refractivity contribution in [3.8, 4) is 5.75 Å². The number of hydrogen-bond donors (Lipinski definition) is 3. The number of carbonyl (C=O) groups is 1. The number of ether oxygens (including phenoxy) is 1. The number of carbonyl (C=O) groups excluding carboxylic acids is 1. The summed E-state index contributed by atoms with van der Waals surface area (Å²) < 4.78 is 7.83. The van der Waals surface area contributed by atoms with Gasteiger partial charge in [0.1, 0.15) is 23.7 Å². The number of nitrogens with zero attached hydrogens (tertiary/aromatic N) is 3. The Morgan fingerprint density at radius 3 is 2.62 bits per heavy atom. The molecule has 0 bridgehead atoms. The Labute approximate surface area is 214 Å². The molecule has 9 heteroatoms. The van der Waals surface area contributed by atoms with Crippen molar-refractivity contribution in [1.29, 1.82) is 0 Å². The van der Waals surface area contributed by atoms with E-state index in [9.17, 15) is 14.7 Å². The third kappa shape index (κ3) is 5.73. The summed E-state index contributed by atoms with van der Waals surface area (Å²) >= 11 is 0. The summed E-state index contributed by atoms with van der Waals surface area (Å²) in [5.41, 5.74) is 1.42. The molecule has 0 saturated carbocycles. The Morgan fingerprint density at radius 1 is 1.11 bits per heavy atom. The molecule has 1 fully saturated rings. The number of anilines is 1. The molecular weight excluding hydrogens is 470 g/mol. The summed E-state index contributed by atoms with van der Waals surface area (Å²) in [5, 5.41) is 13.9. The van der Waals surface area contributed by atoms with Gasteiger partial charge in [0.05, 0.1) is 16.7 Å². The van der Waals surface area contributed by atoms with Crippen molar-refractivity contribution in [3.05, 3.63) is 89.1 Å². The van der Waals surface area contributed by atoms with E-state index >= 15 is 0 Å². The van der Waals surface area contributed by atoms with Gasteiger partial charge in [0, 0.05) is 31.9 Å². The number of hydrogen-bond acceptors (Lipinski definition) is 6. The number of aliphatic hydroxyl groups is 1. The smallest absolute Gasteiger partial charge is 0.326 e. The number of imidazole rings is 1.